The summed E-state index contributed by atoms with van der Waals surface area (Å²) in [5.41, 5.74) is 5.80. The fraction of sp³-hybridized carbons (Fsp3) is 0.250. The van der Waals surface area contributed by atoms with Crippen molar-refractivity contribution in [2.75, 3.05) is 0 Å². The predicted molar refractivity (Wildman–Crippen MR) is 76.1 cm³/mol. The monoisotopic (exact) mass is 220 g/mol. The van der Waals surface area contributed by atoms with E-state index in [4.69, 9.17) is 0 Å². The van der Waals surface area contributed by atoms with E-state index in [1.165, 1.54) is 22.1 Å². The van der Waals surface area contributed by atoms with Gasteiger partial charge in [0.25, 0.3) is 0 Å². The van der Waals surface area contributed by atoms with E-state index in [-0.39, 0.29) is 0 Å². The van der Waals surface area contributed by atoms with Crippen LogP contribution in [0.2, 0.25) is 0 Å². The summed E-state index contributed by atoms with van der Waals surface area (Å²) in [4.78, 5) is 0. The van der Waals surface area contributed by atoms with Gasteiger partial charge in [0.1, 0.15) is 0 Å². The molecule has 0 N–H and O–H groups in total. The van der Waals surface area contributed by atoms with Gasteiger partial charge in [0.2, 0.25) is 0 Å². The first-order valence-corrected chi connectivity index (χ1v) is 6.43. The van der Waals surface area contributed by atoms with Gasteiger partial charge in [-0.1, -0.05) is 73.4 Å². The summed E-state index contributed by atoms with van der Waals surface area (Å²) in [5, 5.41) is 0. The lowest BCUT2D eigenvalue weighted by molar-refractivity contribution is 0.941. The molecular formula is C16H17B. The minimum Gasteiger partial charge on any atom is -0.0784 e. The largest absolute Gasteiger partial charge is 0.193 e. The Balaban J connectivity index is 2.04. The third-order valence-electron chi connectivity index (χ3n) is 3.70. The molecule has 84 valence electrons. The molecule has 1 aliphatic heterocycles. The Kier molecular flexibility index (Phi) is 2.55. The number of fused-ring (bicyclic) bond motifs is 1. The highest BCUT2D eigenvalue weighted by atomic mass is 14.2. The highest BCUT2D eigenvalue weighted by Crippen LogP contribution is 2.34. The van der Waals surface area contributed by atoms with E-state index in [1.54, 1.807) is 0 Å². The van der Waals surface area contributed by atoms with Crippen molar-refractivity contribution in [3.63, 3.8) is 0 Å². The van der Waals surface area contributed by atoms with Crippen LogP contribution in [0.15, 0.2) is 70.7 Å². The van der Waals surface area contributed by atoms with E-state index in [0.29, 0.717) is 11.8 Å². The van der Waals surface area contributed by atoms with Crippen LogP contribution in [-0.4, -0.2) is 7.28 Å². The second-order valence-electron chi connectivity index (χ2n) is 5.21. The van der Waals surface area contributed by atoms with E-state index < -0.39 is 0 Å². The fourth-order valence-electron chi connectivity index (χ4n) is 2.59. The SMILES string of the molecule is CC1C=CC2=C(C=C1)C1=C(B2)C=C[C@H](C)C=C1. The number of hydrogen-bond donors (Lipinski definition) is 0. The van der Waals surface area contributed by atoms with Gasteiger partial charge in [-0.2, -0.15) is 0 Å². The summed E-state index contributed by atoms with van der Waals surface area (Å²) < 4.78 is 0. The van der Waals surface area contributed by atoms with Crippen LogP contribution in [0.4, 0.5) is 0 Å². The van der Waals surface area contributed by atoms with Crippen LogP contribution >= 0.6 is 0 Å². The molecular weight excluding hydrogens is 203 g/mol. The molecule has 1 heteroatoms. The topological polar surface area (TPSA) is 0 Å². The molecule has 1 unspecified atom stereocenters. The molecule has 0 spiro atoms. The van der Waals surface area contributed by atoms with Gasteiger partial charge in [-0.3, -0.25) is 0 Å². The van der Waals surface area contributed by atoms with E-state index in [1.807, 2.05) is 0 Å². The highest BCUT2D eigenvalue weighted by Gasteiger charge is 2.21. The van der Waals surface area contributed by atoms with E-state index in [9.17, 15) is 0 Å². The van der Waals surface area contributed by atoms with Crippen LogP contribution in [0, 0.1) is 11.8 Å². The van der Waals surface area contributed by atoms with Crippen molar-refractivity contribution in [2.24, 2.45) is 11.8 Å². The molecule has 3 rings (SSSR count). The lowest BCUT2D eigenvalue weighted by atomic mass is 9.65. The van der Waals surface area contributed by atoms with Crippen molar-refractivity contribution < 1.29 is 0 Å². The Morgan fingerprint density at radius 2 is 1.12 bits per heavy atom. The van der Waals surface area contributed by atoms with Crippen LogP contribution in [0.3, 0.4) is 0 Å². The summed E-state index contributed by atoms with van der Waals surface area (Å²) in [6.07, 6.45) is 18.4. The van der Waals surface area contributed by atoms with Crippen molar-refractivity contribution in [3.05, 3.63) is 70.7 Å². The molecule has 3 aliphatic rings. The van der Waals surface area contributed by atoms with Crippen LogP contribution < -0.4 is 0 Å². The van der Waals surface area contributed by atoms with Gasteiger partial charge in [0.05, 0.1) is 0 Å². The molecule has 0 fully saturated rings. The van der Waals surface area contributed by atoms with Gasteiger partial charge in [-0.25, -0.2) is 0 Å². The van der Waals surface area contributed by atoms with Crippen LogP contribution in [0.1, 0.15) is 13.8 Å². The van der Waals surface area contributed by atoms with Gasteiger partial charge in [-0.05, 0) is 23.0 Å². The molecule has 0 aromatic heterocycles. The molecule has 1 heterocycles. The fourth-order valence-corrected chi connectivity index (χ4v) is 2.59. The molecule has 17 heavy (non-hydrogen) atoms. The maximum Gasteiger partial charge on any atom is 0.193 e. The Bertz CT molecular complexity index is 476. The lowest BCUT2D eigenvalue weighted by Crippen LogP contribution is -1.93. The van der Waals surface area contributed by atoms with Crippen molar-refractivity contribution in [2.45, 2.75) is 13.8 Å². The quantitative estimate of drug-likeness (QED) is 0.548. The van der Waals surface area contributed by atoms with Crippen LogP contribution in [0.5, 0.6) is 0 Å². The molecule has 0 amide bonds. The Hall–Kier alpha value is -1.50. The van der Waals surface area contributed by atoms with Gasteiger partial charge in [0, 0.05) is 0 Å². The molecule has 0 aromatic carbocycles. The minimum atomic E-state index is 0.550. The minimum absolute atomic E-state index is 0.550. The van der Waals surface area contributed by atoms with Crippen molar-refractivity contribution in [1.29, 1.82) is 0 Å². The second-order valence-corrected chi connectivity index (χ2v) is 5.21. The summed E-state index contributed by atoms with van der Waals surface area (Å²) in [7, 11) is 1.09. The highest BCUT2D eigenvalue weighted by molar-refractivity contribution is 6.58. The average molecular weight is 220 g/mol. The van der Waals surface area contributed by atoms with E-state index >= 15 is 0 Å². The van der Waals surface area contributed by atoms with Crippen LogP contribution in [-0.2, 0) is 0 Å². The standard InChI is InChI=1S/C16H17B/c1-11-3-7-13-14-8-4-12(2)6-10-16(14)17-15(13)9-5-11/h3-12,17H,1-2H3/t11-,12?/m1/s1. The number of allylic oxidation sites excluding steroid dienone is 12. The van der Waals surface area contributed by atoms with E-state index in [2.05, 4.69) is 62.5 Å². The van der Waals surface area contributed by atoms with Gasteiger partial charge in [-0.15, -0.1) is 0 Å². The zero-order valence-electron chi connectivity index (χ0n) is 10.5. The first-order chi connectivity index (χ1) is 8.24. The molecule has 2 aliphatic carbocycles. The summed E-state index contributed by atoms with van der Waals surface area (Å²) >= 11 is 0. The first kappa shape index (κ1) is 10.6. The molecule has 0 bridgehead atoms. The smallest absolute Gasteiger partial charge is 0.0784 e. The molecule has 0 aromatic rings. The van der Waals surface area contributed by atoms with E-state index in [0.717, 1.165) is 7.28 Å². The zero-order valence-corrected chi connectivity index (χ0v) is 10.5. The third kappa shape index (κ3) is 1.91. The summed E-state index contributed by atoms with van der Waals surface area (Å²) in [5.74, 6) is 1.10. The lowest BCUT2D eigenvalue weighted by Gasteiger charge is -2.02. The van der Waals surface area contributed by atoms with Gasteiger partial charge >= 0.3 is 0 Å². The van der Waals surface area contributed by atoms with Crippen molar-refractivity contribution >= 4 is 7.28 Å². The predicted octanol–water partition coefficient (Wildman–Crippen LogP) is 3.47. The van der Waals surface area contributed by atoms with Gasteiger partial charge < -0.3 is 0 Å². The normalized spacial score (nSPS) is 30.0. The first-order valence-electron chi connectivity index (χ1n) is 6.43. The number of rotatable bonds is 0. The Labute approximate surface area is 104 Å². The third-order valence-corrected chi connectivity index (χ3v) is 3.70. The molecule has 0 radical (unpaired) electrons. The maximum atomic E-state index is 2.31. The molecule has 2 atom stereocenters. The maximum absolute atomic E-state index is 2.31. The van der Waals surface area contributed by atoms with Crippen LogP contribution in [0.25, 0.3) is 0 Å². The zero-order chi connectivity index (χ0) is 11.8. The Morgan fingerprint density at radius 1 is 0.706 bits per heavy atom. The molecule has 0 saturated heterocycles. The van der Waals surface area contributed by atoms with Crippen molar-refractivity contribution in [1.82, 2.24) is 0 Å². The molecule has 0 saturated carbocycles. The second kappa shape index (κ2) is 4.07. The summed E-state index contributed by atoms with van der Waals surface area (Å²) in [6, 6.07) is 0. The van der Waals surface area contributed by atoms with Gasteiger partial charge in [0.15, 0.2) is 7.28 Å². The number of hydrogen-bond acceptors (Lipinski definition) is 0. The average Bonchev–Trinajstić information content (AvgIpc) is 2.44. The van der Waals surface area contributed by atoms with Crippen molar-refractivity contribution in [3.8, 4) is 0 Å². The Morgan fingerprint density at radius 3 is 1.59 bits per heavy atom. The molecule has 0 nitrogen and oxygen atoms in total. The summed E-state index contributed by atoms with van der Waals surface area (Å²) in [6.45, 7) is 4.46.